The molecule has 0 radical (unpaired) electrons. The maximum absolute atomic E-state index is 4.57. The lowest BCUT2D eigenvalue weighted by atomic mass is 10.0. The van der Waals surface area contributed by atoms with Gasteiger partial charge >= 0.3 is 0 Å². The molecule has 0 rings (SSSR count). The standard InChI is InChI=1S/C19H40S/c1-4-5-6-7-8-9-10-11-12-13-14-15-16-17-18-19(2,3)20/h20H,4-18H2,1-3H3. The zero-order valence-electron chi connectivity index (χ0n) is 14.6. The van der Waals surface area contributed by atoms with Crippen LogP contribution in [0.15, 0.2) is 0 Å². The van der Waals surface area contributed by atoms with Gasteiger partial charge in [0.2, 0.25) is 0 Å². The second-order valence-electron chi connectivity index (χ2n) is 7.16. The number of unbranched alkanes of at least 4 members (excludes halogenated alkanes) is 13. The first kappa shape index (κ1) is 20.3. The summed E-state index contributed by atoms with van der Waals surface area (Å²) in [5.74, 6) is 0. The summed E-state index contributed by atoms with van der Waals surface area (Å²) in [5, 5.41) is 0. The Balaban J connectivity index is 2.99. The predicted octanol–water partition coefficient (Wildman–Crippen LogP) is 7.57. The quantitative estimate of drug-likeness (QED) is 0.234. The molecule has 0 unspecified atom stereocenters. The maximum atomic E-state index is 4.57. The zero-order valence-corrected chi connectivity index (χ0v) is 15.4. The van der Waals surface area contributed by atoms with E-state index in [1.54, 1.807) is 0 Å². The van der Waals surface area contributed by atoms with Crippen LogP contribution in [0.1, 0.15) is 117 Å². The molecule has 0 aromatic carbocycles. The van der Waals surface area contributed by atoms with Crippen LogP contribution in [-0.2, 0) is 0 Å². The van der Waals surface area contributed by atoms with Crippen LogP contribution in [0.3, 0.4) is 0 Å². The minimum atomic E-state index is 0.233. The second kappa shape index (κ2) is 14.3. The van der Waals surface area contributed by atoms with Crippen molar-refractivity contribution in [3.05, 3.63) is 0 Å². The van der Waals surface area contributed by atoms with Gasteiger partial charge in [0.05, 0.1) is 0 Å². The van der Waals surface area contributed by atoms with Crippen molar-refractivity contribution in [1.82, 2.24) is 0 Å². The van der Waals surface area contributed by atoms with Gasteiger partial charge in [-0.15, -0.1) is 0 Å². The fourth-order valence-corrected chi connectivity index (χ4v) is 2.91. The van der Waals surface area contributed by atoms with E-state index in [9.17, 15) is 0 Å². The van der Waals surface area contributed by atoms with Gasteiger partial charge in [0, 0.05) is 4.75 Å². The Kier molecular flexibility index (Phi) is 14.5. The fraction of sp³-hybridized carbons (Fsp3) is 1.00. The highest BCUT2D eigenvalue weighted by Crippen LogP contribution is 2.21. The van der Waals surface area contributed by atoms with Crippen LogP contribution >= 0.6 is 12.6 Å². The minimum absolute atomic E-state index is 0.233. The summed E-state index contributed by atoms with van der Waals surface area (Å²) in [4.78, 5) is 0. The Morgan fingerprint density at radius 1 is 0.550 bits per heavy atom. The molecule has 0 amide bonds. The fourth-order valence-electron chi connectivity index (χ4n) is 2.75. The SMILES string of the molecule is CCCCCCCCCCCCCCCCC(C)(C)S. The highest BCUT2D eigenvalue weighted by molar-refractivity contribution is 7.81. The summed E-state index contributed by atoms with van der Waals surface area (Å²) in [5.41, 5.74) is 0. The van der Waals surface area contributed by atoms with E-state index < -0.39 is 0 Å². The molecule has 0 aliphatic rings. The van der Waals surface area contributed by atoms with E-state index in [1.165, 1.54) is 96.3 Å². The molecule has 0 aromatic rings. The Morgan fingerprint density at radius 3 is 1.15 bits per heavy atom. The summed E-state index contributed by atoms with van der Waals surface area (Å²) in [6, 6.07) is 0. The average molecular weight is 301 g/mol. The predicted molar refractivity (Wildman–Crippen MR) is 98.0 cm³/mol. The molecule has 0 aromatic heterocycles. The van der Waals surface area contributed by atoms with E-state index in [1.807, 2.05) is 0 Å². The summed E-state index contributed by atoms with van der Waals surface area (Å²) in [6.45, 7) is 6.73. The summed E-state index contributed by atoms with van der Waals surface area (Å²) in [7, 11) is 0. The molecular weight excluding hydrogens is 260 g/mol. The number of rotatable bonds is 15. The van der Waals surface area contributed by atoms with E-state index in [-0.39, 0.29) is 4.75 Å². The summed E-state index contributed by atoms with van der Waals surface area (Å²) < 4.78 is 0.233. The lowest BCUT2D eigenvalue weighted by molar-refractivity contribution is 0.519. The summed E-state index contributed by atoms with van der Waals surface area (Å²) >= 11 is 4.57. The van der Waals surface area contributed by atoms with Crippen LogP contribution in [0.4, 0.5) is 0 Å². The van der Waals surface area contributed by atoms with E-state index >= 15 is 0 Å². The molecule has 0 spiro atoms. The van der Waals surface area contributed by atoms with Crippen molar-refractivity contribution in [3.63, 3.8) is 0 Å². The molecular formula is C19H40S. The van der Waals surface area contributed by atoms with Crippen molar-refractivity contribution in [1.29, 1.82) is 0 Å². The van der Waals surface area contributed by atoms with Crippen LogP contribution in [0.25, 0.3) is 0 Å². The largest absolute Gasteiger partial charge is 0.173 e. The van der Waals surface area contributed by atoms with Crippen LogP contribution in [0.5, 0.6) is 0 Å². The van der Waals surface area contributed by atoms with Crippen molar-refractivity contribution in [2.24, 2.45) is 0 Å². The molecule has 0 saturated carbocycles. The molecule has 0 fully saturated rings. The van der Waals surface area contributed by atoms with Crippen LogP contribution in [0, 0.1) is 0 Å². The number of hydrogen-bond acceptors (Lipinski definition) is 1. The highest BCUT2D eigenvalue weighted by atomic mass is 32.1. The topological polar surface area (TPSA) is 0 Å². The van der Waals surface area contributed by atoms with Crippen molar-refractivity contribution in [2.45, 2.75) is 122 Å². The molecule has 0 aliphatic heterocycles. The monoisotopic (exact) mass is 300 g/mol. The molecule has 0 N–H and O–H groups in total. The second-order valence-corrected chi connectivity index (χ2v) is 8.37. The average Bonchev–Trinajstić information content (AvgIpc) is 2.38. The van der Waals surface area contributed by atoms with E-state index in [4.69, 9.17) is 0 Å². The number of thiol groups is 1. The van der Waals surface area contributed by atoms with Gasteiger partial charge in [-0.05, 0) is 6.42 Å². The van der Waals surface area contributed by atoms with Crippen LogP contribution in [-0.4, -0.2) is 4.75 Å². The lowest BCUT2D eigenvalue weighted by Crippen LogP contribution is -2.09. The Morgan fingerprint density at radius 2 is 0.850 bits per heavy atom. The molecule has 122 valence electrons. The van der Waals surface area contributed by atoms with Crippen LogP contribution < -0.4 is 0 Å². The minimum Gasteiger partial charge on any atom is -0.173 e. The van der Waals surface area contributed by atoms with Crippen molar-refractivity contribution < 1.29 is 0 Å². The Hall–Kier alpha value is 0.350. The molecule has 20 heavy (non-hydrogen) atoms. The maximum Gasteiger partial charge on any atom is 0.00731 e. The van der Waals surface area contributed by atoms with Crippen LogP contribution in [0.2, 0.25) is 0 Å². The third-order valence-corrected chi connectivity index (χ3v) is 4.37. The van der Waals surface area contributed by atoms with Gasteiger partial charge in [-0.3, -0.25) is 0 Å². The van der Waals surface area contributed by atoms with E-state index in [0.29, 0.717) is 0 Å². The lowest BCUT2D eigenvalue weighted by Gasteiger charge is -2.16. The Labute approximate surface area is 134 Å². The van der Waals surface area contributed by atoms with Gasteiger partial charge in [-0.1, -0.05) is 111 Å². The first-order valence-corrected chi connectivity index (χ1v) is 9.73. The first-order chi connectivity index (χ1) is 9.56. The van der Waals surface area contributed by atoms with Gasteiger partial charge in [-0.25, -0.2) is 0 Å². The Bertz CT molecular complexity index is 181. The smallest absolute Gasteiger partial charge is 0.00731 e. The third-order valence-electron chi connectivity index (χ3n) is 4.14. The van der Waals surface area contributed by atoms with E-state index in [2.05, 4.69) is 33.4 Å². The first-order valence-electron chi connectivity index (χ1n) is 9.28. The third kappa shape index (κ3) is 18.4. The van der Waals surface area contributed by atoms with Gasteiger partial charge in [0.25, 0.3) is 0 Å². The van der Waals surface area contributed by atoms with Crippen molar-refractivity contribution in [3.8, 4) is 0 Å². The van der Waals surface area contributed by atoms with Gasteiger partial charge in [-0.2, -0.15) is 12.6 Å². The van der Waals surface area contributed by atoms with Gasteiger partial charge < -0.3 is 0 Å². The normalized spacial score (nSPS) is 12.0. The molecule has 0 heterocycles. The molecule has 0 saturated heterocycles. The van der Waals surface area contributed by atoms with E-state index in [0.717, 1.165) is 0 Å². The zero-order chi connectivity index (χ0) is 15.1. The van der Waals surface area contributed by atoms with Crippen molar-refractivity contribution in [2.75, 3.05) is 0 Å². The van der Waals surface area contributed by atoms with Crippen molar-refractivity contribution >= 4 is 12.6 Å². The molecule has 0 aliphatic carbocycles. The van der Waals surface area contributed by atoms with Gasteiger partial charge in [0.15, 0.2) is 0 Å². The van der Waals surface area contributed by atoms with Gasteiger partial charge in [0.1, 0.15) is 0 Å². The molecule has 1 heteroatoms. The number of hydrogen-bond donors (Lipinski definition) is 1. The summed E-state index contributed by atoms with van der Waals surface area (Å²) in [6.07, 6.45) is 21.4. The molecule has 0 atom stereocenters. The highest BCUT2D eigenvalue weighted by Gasteiger charge is 2.09. The molecule has 0 bridgehead atoms. The molecule has 0 nitrogen and oxygen atoms in total.